The van der Waals surface area contributed by atoms with E-state index < -0.39 is 87.6 Å². The summed E-state index contributed by atoms with van der Waals surface area (Å²) >= 11 is 0. The molecule has 2 atom stereocenters. The first-order valence-electron chi connectivity index (χ1n) is 7.31. The second-order valence-corrected chi connectivity index (χ2v) is 5.57. The van der Waals surface area contributed by atoms with Crippen molar-refractivity contribution in [3.05, 3.63) is 69.3 Å². The third-order valence-corrected chi connectivity index (χ3v) is 3.97. The molecule has 0 aliphatic carbocycles. The van der Waals surface area contributed by atoms with Gasteiger partial charge < -0.3 is 0 Å². The van der Waals surface area contributed by atoms with Gasteiger partial charge in [0.1, 0.15) is 0 Å². The SMILES string of the molecule is N#CC(CC(C#N)c1c(F)c(F)c(F)c(F)c1F)c1c(F)c(F)c(F)c(F)c1F. The molecular formula is C17H4F10N2. The number of halogens is 10. The van der Waals surface area contributed by atoms with Crippen LogP contribution in [-0.2, 0) is 0 Å². The molecule has 2 aromatic carbocycles. The van der Waals surface area contributed by atoms with Gasteiger partial charge in [-0.3, -0.25) is 0 Å². The number of benzene rings is 2. The predicted octanol–water partition coefficient (Wildman–Crippen LogP) is 5.38. The van der Waals surface area contributed by atoms with E-state index in [1.807, 2.05) is 0 Å². The quantitative estimate of drug-likeness (QED) is 0.374. The van der Waals surface area contributed by atoms with Crippen molar-refractivity contribution < 1.29 is 43.9 Å². The molecule has 0 N–H and O–H groups in total. The minimum atomic E-state index is -2.54. The molecule has 0 bridgehead atoms. The summed E-state index contributed by atoms with van der Waals surface area (Å²) in [4.78, 5) is 0. The minimum Gasteiger partial charge on any atom is -0.203 e. The third kappa shape index (κ3) is 3.46. The third-order valence-electron chi connectivity index (χ3n) is 3.97. The molecule has 0 saturated heterocycles. The fraction of sp³-hybridized carbons (Fsp3) is 0.176. The average molecular weight is 426 g/mol. The summed E-state index contributed by atoms with van der Waals surface area (Å²) in [6, 6.07) is 2.19. The molecule has 2 nitrogen and oxygen atoms in total. The van der Waals surface area contributed by atoms with Gasteiger partial charge in [0.15, 0.2) is 46.5 Å². The van der Waals surface area contributed by atoms with Gasteiger partial charge >= 0.3 is 0 Å². The van der Waals surface area contributed by atoms with Crippen molar-refractivity contribution in [1.29, 1.82) is 10.5 Å². The number of hydrogen-bond acceptors (Lipinski definition) is 2. The summed E-state index contributed by atoms with van der Waals surface area (Å²) < 4.78 is 135. The first-order valence-corrected chi connectivity index (χ1v) is 7.31. The Morgan fingerprint density at radius 3 is 0.862 bits per heavy atom. The molecule has 0 saturated carbocycles. The van der Waals surface area contributed by atoms with Gasteiger partial charge in [-0.15, -0.1) is 0 Å². The topological polar surface area (TPSA) is 47.6 Å². The molecule has 29 heavy (non-hydrogen) atoms. The number of nitrogens with zero attached hydrogens (tertiary/aromatic N) is 2. The number of rotatable bonds is 4. The molecule has 0 aliphatic rings. The fourth-order valence-corrected chi connectivity index (χ4v) is 2.56. The van der Waals surface area contributed by atoms with E-state index in [4.69, 9.17) is 10.5 Å². The van der Waals surface area contributed by atoms with E-state index in [1.54, 1.807) is 0 Å². The zero-order chi connectivity index (χ0) is 22.2. The second-order valence-electron chi connectivity index (χ2n) is 5.57. The Morgan fingerprint density at radius 1 is 0.448 bits per heavy atom. The van der Waals surface area contributed by atoms with Gasteiger partial charge in [-0.25, -0.2) is 43.9 Å². The van der Waals surface area contributed by atoms with Gasteiger partial charge in [0, 0.05) is 11.1 Å². The Bertz CT molecular complexity index is 940. The van der Waals surface area contributed by atoms with E-state index in [9.17, 15) is 43.9 Å². The van der Waals surface area contributed by atoms with Crippen LogP contribution in [0, 0.1) is 80.8 Å². The van der Waals surface area contributed by atoms with Crippen LogP contribution in [0.15, 0.2) is 0 Å². The van der Waals surface area contributed by atoms with Crippen molar-refractivity contribution in [3.63, 3.8) is 0 Å². The molecule has 0 aromatic heterocycles. The fourth-order valence-electron chi connectivity index (χ4n) is 2.56. The second kappa shape index (κ2) is 7.99. The van der Waals surface area contributed by atoms with Gasteiger partial charge in [-0.1, -0.05) is 0 Å². The van der Waals surface area contributed by atoms with Crippen LogP contribution in [0.1, 0.15) is 29.4 Å². The van der Waals surface area contributed by atoms with Crippen LogP contribution < -0.4 is 0 Å². The lowest BCUT2D eigenvalue weighted by atomic mass is 9.85. The highest BCUT2D eigenvalue weighted by Crippen LogP contribution is 2.37. The van der Waals surface area contributed by atoms with Crippen LogP contribution >= 0.6 is 0 Å². The van der Waals surface area contributed by atoms with Crippen molar-refractivity contribution in [2.24, 2.45) is 0 Å². The monoisotopic (exact) mass is 426 g/mol. The molecule has 0 radical (unpaired) electrons. The molecule has 2 aromatic rings. The van der Waals surface area contributed by atoms with Crippen LogP contribution in [0.4, 0.5) is 43.9 Å². The van der Waals surface area contributed by atoms with Crippen molar-refractivity contribution in [2.75, 3.05) is 0 Å². The highest BCUT2D eigenvalue weighted by Gasteiger charge is 2.35. The van der Waals surface area contributed by atoms with Crippen molar-refractivity contribution in [1.82, 2.24) is 0 Å². The van der Waals surface area contributed by atoms with Crippen molar-refractivity contribution in [2.45, 2.75) is 18.3 Å². The van der Waals surface area contributed by atoms with Gasteiger partial charge in [-0.2, -0.15) is 10.5 Å². The molecule has 12 heteroatoms. The Balaban J connectivity index is 2.64. The smallest absolute Gasteiger partial charge is 0.200 e. The van der Waals surface area contributed by atoms with Crippen LogP contribution in [0.5, 0.6) is 0 Å². The zero-order valence-corrected chi connectivity index (χ0v) is 13.5. The average Bonchev–Trinajstić information content (AvgIpc) is 2.71. The molecule has 0 fully saturated rings. The number of nitriles is 2. The molecule has 2 rings (SSSR count). The molecule has 152 valence electrons. The zero-order valence-electron chi connectivity index (χ0n) is 13.5. The molecule has 0 aliphatic heterocycles. The largest absolute Gasteiger partial charge is 0.203 e. The highest BCUT2D eigenvalue weighted by molar-refractivity contribution is 5.35. The summed E-state index contributed by atoms with van der Waals surface area (Å²) in [5.74, 6) is -29.3. The minimum absolute atomic E-state index is 1.09. The van der Waals surface area contributed by atoms with E-state index in [0.717, 1.165) is 12.1 Å². The standard InChI is InChI=1S/C17H4F10N2/c18-8-6(9(19)13(23)16(26)12(8)22)4(2-28)1-5(3-29)7-10(20)14(24)17(27)15(25)11(7)21/h4-5H,1H2. The molecule has 0 heterocycles. The molecule has 0 spiro atoms. The summed E-state index contributed by atoms with van der Waals surface area (Å²) in [5.41, 5.74) is -3.43. The van der Waals surface area contributed by atoms with E-state index in [-0.39, 0.29) is 0 Å². The Morgan fingerprint density at radius 2 is 0.655 bits per heavy atom. The van der Waals surface area contributed by atoms with E-state index in [2.05, 4.69) is 0 Å². The van der Waals surface area contributed by atoms with E-state index in [1.165, 1.54) is 0 Å². The van der Waals surface area contributed by atoms with Crippen LogP contribution in [0.25, 0.3) is 0 Å². The van der Waals surface area contributed by atoms with Gasteiger partial charge in [0.2, 0.25) is 11.6 Å². The lowest BCUT2D eigenvalue weighted by Crippen LogP contribution is -2.16. The van der Waals surface area contributed by atoms with Gasteiger partial charge in [0.25, 0.3) is 0 Å². The normalized spacial score (nSPS) is 13.0. The Hall–Kier alpha value is -3.28. The Labute approximate surface area is 155 Å². The predicted molar refractivity (Wildman–Crippen MR) is 73.8 cm³/mol. The van der Waals surface area contributed by atoms with E-state index >= 15 is 0 Å². The lowest BCUT2D eigenvalue weighted by Gasteiger charge is -2.18. The van der Waals surface area contributed by atoms with Gasteiger partial charge in [0.05, 0.1) is 24.0 Å². The maximum atomic E-state index is 13.9. The van der Waals surface area contributed by atoms with Crippen LogP contribution in [-0.4, -0.2) is 0 Å². The van der Waals surface area contributed by atoms with Gasteiger partial charge in [-0.05, 0) is 6.42 Å². The Kier molecular flexibility index (Phi) is 6.07. The van der Waals surface area contributed by atoms with E-state index in [0.29, 0.717) is 0 Å². The first kappa shape index (κ1) is 22.0. The summed E-state index contributed by atoms with van der Waals surface area (Å²) in [5, 5.41) is 18.1. The molecule has 0 amide bonds. The van der Waals surface area contributed by atoms with Crippen molar-refractivity contribution >= 4 is 0 Å². The van der Waals surface area contributed by atoms with Crippen LogP contribution in [0.2, 0.25) is 0 Å². The lowest BCUT2D eigenvalue weighted by molar-refractivity contribution is 0.360. The van der Waals surface area contributed by atoms with Crippen LogP contribution in [0.3, 0.4) is 0 Å². The molecule has 2 unspecified atom stereocenters. The molecular weight excluding hydrogens is 422 g/mol. The summed E-state index contributed by atoms with van der Waals surface area (Å²) in [6.45, 7) is 0. The van der Waals surface area contributed by atoms with Crippen molar-refractivity contribution in [3.8, 4) is 12.1 Å². The number of hydrogen-bond donors (Lipinski definition) is 0. The summed E-state index contributed by atoms with van der Waals surface area (Å²) in [7, 11) is 0. The maximum absolute atomic E-state index is 13.9. The summed E-state index contributed by atoms with van der Waals surface area (Å²) in [6.07, 6.45) is -1.34. The first-order chi connectivity index (χ1) is 13.5. The highest BCUT2D eigenvalue weighted by atomic mass is 19.2. The maximum Gasteiger partial charge on any atom is 0.200 e.